The molecule has 8 heteroatoms. The summed E-state index contributed by atoms with van der Waals surface area (Å²) in [5.41, 5.74) is 0.244. The molecule has 3 N–H and O–H groups in total. The standard InChI is InChI=1S/C11H19N3O4S/c1-8(4-5-18-3)13-11(15)10-6-9(7-14(10)2)19(12,16)17/h6-8H,4-5H2,1-3H3,(H,13,15)(H2,12,16,17). The summed E-state index contributed by atoms with van der Waals surface area (Å²) >= 11 is 0. The molecule has 7 nitrogen and oxygen atoms in total. The average molecular weight is 289 g/mol. The third kappa shape index (κ3) is 4.34. The number of sulfonamides is 1. The first kappa shape index (κ1) is 15.7. The molecule has 0 aliphatic carbocycles. The van der Waals surface area contributed by atoms with Crippen LogP contribution in [0.2, 0.25) is 0 Å². The van der Waals surface area contributed by atoms with E-state index in [2.05, 4.69) is 5.32 Å². The first-order chi connectivity index (χ1) is 8.75. The third-order valence-electron chi connectivity index (χ3n) is 2.67. The van der Waals surface area contributed by atoms with Gasteiger partial charge in [-0.15, -0.1) is 0 Å². The first-order valence-corrected chi connectivity index (χ1v) is 7.29. The number of carbonyl (C=O) groups is 1. The number of hydrogen-bond acceptors (Lipinski definition) is 4. The molecule has 1 atom stereocenters. The Morgan fingerprint density at radius 2 is 2.21 bits per heavy atom. The van der Waals surface area contributed by atoms with Gasteiger partial charge in [-0.25, -0.2) is 13.6 Å². The number of nitrogens with one attached hydrogen (secondary N) is 1. The predicted octanol–water partition coefficient (Wildman–Crippen LogP) is -0.173. The minimum atomic E-state index is -3.80. The summed E-state index contributed by atoms with van der Waals surface area (Å²) in [6.45, 7) is 2.39. The summed E-state index contributed by atoms with van der Waals surface area (Å²) in [5, 5.41) is 7.78. The highest BCUT2D eigenvalue weighted by atomic mass is 32.2. The minimum Gasteiger partial charge on any atom is -0.385 e. The van der Waals surface area contributed by atoms with Gasteiger partial charge in [-0.2, -0.15) is 0 Å². The minimum absolute atomic E-state index is 0.0692. The Morgan fingerprint density at radius 1 is 1.58 bits per heavy atom. The van der Waals surface area contributed by atoms with Crippen molar-refractivity contribution in [2.75, 3.05) is 13.7 Å². The van der Waals surface area contributed by atoms with Crippen LogP contribution in [0.4, 0.5) is 0 Å². The van der Waals surface area contributed by atoms with Crippen molar-refractivity contribution in [3.05, 3.63) is 18.0 Å². The van der Waals surface area contributed by atoms with E-state index in [-0.39, 0.29) is 22.5 Å². The highest BCUT2D eigenvalue weighted by Gasteiger charge is 2.18. The molecule has 1 heterocycles. The van der Waals surface area contributed by atoms with E-state index in [1.807, 2.05) is 6.92 Å². The molecule has 0 saturated carbocycles. The van der Waals surface area contributed by atoms with Crippen LogP contribution in [0.3, 0.4) is 0 Å². The van der Waals surface area contributed by atoms with Crippen LogP contribution in [0.5, 0.6) is 0 Å². The van der Waals surface area contributed by atoms with Crippen LogP contribution in [-0.2, 0) is 21.8 Å². The molecule has 0 aliphatic rings. The maximum atomic E-state index is 12.0. The highest BCUT2D eigenvalue weighted by molar-refractivity contribution is 7.89. The van der Waals surface area contributed by atoms with Crippen LogP contribution >= 0.6 is 0 Å². The second-order valence-electron chi connectivity index (χ2n) is 4.37. The molecule has 108 valence electrons. The normalized spacial score (nSPS) is 13.3. The van der Waals surface area contributed by atoms with Crippen molar-refractivity contribution in [1.82, 2.24) is 9.88 Å². The second kappa shape index (κ2) is 6.18. The smallest absolute Gasteiger partial charge is 0.268 e. The van der Waals surface area contributed by atoms with Gasteiger partial charge in [-0.05, 0) is 19.4 Å². The number of aryl methyl sites for hydroxylation is 1. The predicted molar refractivity (Wildman–Crippen MR) is 70.2 cm³/mol. The molecule has 0 saturated heterocycles. The van der Waals surface area contributed by atoms with Crippen molar-refractivity contribution < 1.29 is 17.9 Å². The number of nitrogens with two attached hydrogens (primary N) is 1. The molecule has 1 aromatic heterocycles. The summed E-state index contributed by atoms with van der Waals surface area (Å²) in [7, 11) is -0.627. The average Bonchev–Trinajstić information content (AvgIpc) is 2.68. The van der Waals surface area contributed by atoms with Gasteiger partial charge in [0.15, 0.2) is 0 Å². The van der Waals surface area contributed by atoms with Gasteiger partial charge < -0.3 is 14.6 Å². The van der Waals surface area contributed by atoms with Gasteiger partial charge in [0, 0.05) is 33.0 Å². The molecule has 0 aliphatic heterocycles. The Morgan fingerprint density at radius 3 is 2.68 bits per heavy atom. The van der Waals surface area contributed by atoms with Gasteiger partial charge in [0.2, 0.25) is 10.0 Å². The number of ether oxygens (including phenoxy) is 1. The number of aromatic nitrogens is 1. The van der Waals surface area contributed by atoms with Gasteiger partial charge in [0.1, 0.15) is 10.6 Å². The lowest BCUT2D eigenvalue weighted by molar-refractivity contribution is 0.0921. The molecule has 0 fully saturated rings. The summed E-state index contributed by atoms with van der Waals surface area (Å²) in [4.78, 5) is 11.9. The fourth-order valence-electron chi connectivity index (χ4n) is 1.58. The lowest BCUT2D eigenvalue weighted by Gasteiger charge is -2.13. The van der Waals surface area contributed by atoms with Crippen molar-refractivity contribution in [2.45, 2.75) is 24.3 Å². The van der Waals surface area contributed by atoms with E-state index in [4.69, 9.17) is 9.88 Å². The Labute approximate surface area is 112 Å². The van der Waals surface area contributed by atoms with Crippen LogP contribution in [0.25, 0.3) is 0 Å². The largest absolute Gasteiger partial charge is 0.385 e. The Bertz CT molecular complexity index is 550. The van der Waals surface area contributed by atoms with Gasteiger partial charge in [0.05, 0.1) is 0 Å². The Balaban J connectivity index is 2.81. The zero-order chi connectivity index (χ0) is 14.6. The first-order valence-electron chi connectivity index (χ1n) is 5.74. The molecule has 1 unspecified atom stereocenters. The number of primary sulfonamides is 1. The van der Waals surface area contributed by atoms with Gasteiger partial charge in [-0.3, -0.25) is 4.79 Å². The number of methoxy groups -OCH3 is 1. The van der Waals surface area contributed by atoms with Crippen molar-refractivity contribution in [1.29, 1.82) is 0 Å². The van der Waals surface area contributed by atoms with Crippen LogP contribution in [0.1, 0.15) is 23.8 Å². The molecule has 0 aromatic carbocycles. The fraction of sp³-hybridized carbons (Fsp3) is 0.545. The second-order valence-corrected chi connectivity index (χ2v) is 5.93. The van der Waals surface area contributed by atoms with Crippen molar-refractivity contribution in [3.63, 3.8) is 0 Å². The summed E-state index contributed by atoms with van der Waals surface area (Å²) in [5.74, 6) is -0.346. The van der Waals surface area contributed by atoms with E-state index in [9.17, 15) is 13.2 Å². The highest BCUT2D eigenvalue weighted by Crippen LogP contribution is 2.12. The van der Waals surface area contributed by atoms with Gasteiger partial charge >= 0.3 is 0 Å². The number of amides is 1. The van der Waals surface area contributed by atoms with E-state index in [0.717, 1.165) is 0 Å². The number of hydrogen-bond donors (Lipinski definition) is 2. The van der Waals surface area contributed by atoms with Crippen molar-refractivity contribution in [3.8, 4) is 0 Å². The van der Waals surface area contributed by atoms with Crippen molar-refractivity contribution >= 4 is 15.9 Å². The third-order valence-corrected chi connectivity index (χ3v) is 3.55. The molecule has 1 aromatic rings. The monoisotopic (exact) mass is 289 g/mol. The maximum absolute atomic E-state index is 12.0. The molecule has 0 radical (unpaired) electrons. The Kier molecular flexibility index (Phi) is 5.10. The molecule has 19 heavy (non-hydrogen) atoms. The SMILES string of the molecule is COCCC(C)NC(=O)c1cc(S(N)(=O)=O)cn1C. The Hall–Kier alpha value is -1.38. The molecule has 0 bridgehead atoms. The van der Waals surface area contributed by atoms with E-state index in [0.29, 0.717) is 13.0 Å². The topological polar surface area (TPSA) is 103 Å². The summed E-state index contributed by atoms with van der Waals surface area (Å²) < 4.78 is 28.8. The van der Waals surface area contributed by atoms with E-state index in [1.54, 1.807) is 14.2 Å². The quantitative estimate of drug-likeness (QED) is 0.758. The molecule has 1 amide bonds. The molecule has 1 rings (SSSR count). The summed E-state index contributed by atoms with van der Waals surface area (Å²) in [6, 6.07) is 1.19. The zero-order valence-electron chi connectivity index (χ0n) is 11.2. The van der Waals surface area contributed by atoms with Gasteiger partial charge in [0.25, 0.3) is 5.91 Å². The summed E-state index contributed by atoms with van der Waals surface area (Å²) in [6.07, 6.45) is 1.98. The number of nitrogens with zero attached hydrogens (tertiary/aromatic N) is 1. The van der Waals surface area contributed by atoms with Crippen molar-refractivity contribution in [2.24, 2.45) is 12.2 Å². The van der Waals surface area contributed by atoms with Gasteiger partial charge in [-0.1, -0.05) is 0 Å². The van der Waals surface area contributed by atoms with Crippen LogP contribution < -0.4 is 10.5 Å². The zero-order valence-corrected chi connectivity index (χ0v) is 12.0. The van der Waals surface area contributed by atoms with E-state index < -0.39 is 10.0 Å². The molecule has 0 spiro atoms. The number of carbonyl (C=O) groups excluding carboxylic acids is 1. The van der Waals surface area contributed by atoms with Crippen LogP contribution in [0.15, 0.2) is 17.2 Å². The lowest BCUT2D eigenvalue weighted by atomic mass is 10.2. The molecular weight excluding hydrogens is 270 g/mol. The molecular formula is C11H19N3O4S. The fourth-order valence-corrected chi connectivity index (χ4v) is 2.16. The maximum Gasteiger partial charge on any atom is 0.268 e. The van der Waals surface area contributed by atoms with Crippen LogP contribution in [-0.4, -0.2) is 38.7 Å². The lowest BCUT2D eigenvalue weighted by Crippen LogP contribution is -2.34. The number of rotatable bonds is 6. The van der Waals surface area contributed by atoms with Crippen LogP contribution in [0, 0.1) is 0 Å². The van der Waals surface area contributed by atoms with E-state index in [1.165, 1.54) is 16.8 Å². The van der Waals surface area contributed by atoms with E-state index >= 15 is 0 Å².